The van der Waals surface area contributed by atoms with Gasteiger partial charge in [0.25, 0.3) is 0 Å². The fourth-order valence-electron chi connectivity index (χ4n) is 2.32. The summed E-state index contributed by atoms with van der Waals surface area (Å²) < 4.78 is 42.3. The topological polar surface area (TPSA) is 21.3 Å². The predicted molar refractivity (Wildman–Crippen MR) is 62.2 cm³/mol. The van der Waals surface area contributed by atoms with Crippen molar-refractivity contribution >= 4 is 0 Å². The van der Waals surface area contributed by atoms with Crippen molar-refractivity contribution < 1.29 is 17.9 Å². The summed E-state index contributed by atoms with van der Waals surface area (Å²) in [5.41, 5.74) is 0.305. The fourth-order valence-corrected chi connectivity index (χ4v) is 2.32. The van der Waals surface area contributed by atoms with Crippen LogP contribution in [0.15, 0.2) is 24.3 Å². The van der Waals surface area contributed by atoms with Crippen molar-refractivity contribution in [3.05, 3.63) is 35.4 Å². The maximum absolute atomic E-state index is 12.4. The molecule has 18 heavy (non-hydrogen) atoms. The zero-order valence-electron chi connectivity index (χ0n) is 10.1. The molecule has 1 aromatic rings. The Morgan fingerprint density at radius 1 is 1.22 bits per heavy atom. The zero-order valence-corrected chi connectivity index (χ0v) is 10.1. The Morgan fingerprint density at radius 2 is 1.89 bits per heavy atom. The van der Waals surface area contributed by atoms with Crippen LogP contribution in [0.2, 0.25) is 0 Å². The molecule has 2 atom stereocenters. The van der Waals surface area contributed by atoms with Crippen LogP contribution in [0.25, 0.3) is 0 Å². The number of ether oxygens (including phenoxy) is 1. The number of nitrogens with one attached hydrogen (secondary N) is 1. The van der Waals surface area contributed by atoms with Gasteiger partial charge in [0.05, 0.1) is 12.2 Å². The number of hydrogen-bond acceptors (Lipinski definition) is 2. The first kappa shape index (κ1) is 13.4. The van der Waals surface area contributed by atoms with Crippen LogP contribution in [0.1, 0.15) is 30.0 Å². The highest BCUT2D eigenvalue weighted by molar-refractivity contribution is 5.27. The molecule has 2 rings (SSSR count). The van der Waals surface area contributed by atoms with Gasteiger partial charge in [0.15, 0.2) is 0 Å². The quantitative estimate of drug-likeness (QED) is 0.900. The molecule has 100 valence electrons. The molecule has 0 bridgehead atoms. The second-order valence-electron chi connectivity index (χ2n) is 4.57. The van der Waals surface area contributed by atoms with Crippen molar-refractivity contribution in [1.29, 1.82) is 0 Å². The first-order valence-corrected chi connectivity index (χ1v) is 5.93. The van der Waals surface area contributed by atoms with Crippen LogP contribution in [0, 0.1) is 0 Å². The molecular formula is C13H16F3NO. The minimum atomic E-state index is -4.26. The van der Waals surface area contributed by atoms with Gasteiger partial charge in [0.2, 0.25) is 0 Å². The van der Waals surface area contributed by atoms with Gasteiger partial charge in [0.1, 0.15) is 0 Å². The smallest absolute Gasteiger partial charge is 0.383 e. The minimum Gasteiger partial charge on any atom is -0.383 e. The summed E-state index contributed by atoms with van der Waals surface area (Å²) in [5, 5.41) is 3.36. The van der Waals surface area contributed by atoms with Gasteiger partial charge in [-0.2, -0.15) is 13.2 Å². The molecule has 0 aromatic heterocycles. The van der Waals surface area contributed by atoms with Crippen molar-refractivity contribution in [2.75, 3.05) is 13.7 Å². The van der Waals surface area contributed by atoms with Crippen molar-refractivity contribution in [2.24, 2.45) is 0 Å². The Kier molecular flexibility index (Phi) is 3.92. The maximum atomic E-state index is 12.4. The Hall–Kier alpha value is -1.07. The number of halogens is 3. The van der Waals surface area contributed by atoms with Gasteiger partial charge < -0.3 is 10.1 Å². The van der Waals surface area contributed by atoms with E-state index in [4.69, 9.17) is 4.74 Å². The molecule has 1 heterocycles. The molecule has 0 amide bonds. The lowest BCUT2D eigenvalue weighted by Crippen LogP contribution is -2.28. The van der Waals surface area contributed by atoms with E-state index in [9.17, 15) is 13.2 Å². The number of rotatable bonds is 3. The molecule has 0 saturated carbocycles. The monoisotopic (exact) mass is 259 g/mol. The average molecular weight is 259 g/mol. The van der Waals surface area contributed by atoms with Crippen molar-refractivity contribution in [3.8, 4) is 0 Å². The largest absolute Gasteiger partial charge is 0.416 e. The summed E-state index contributed by atoms with van der Waals surface area (Å²) in [6.07, 6.45) is -2.35. The van der Waals surface area contributed by atoms with Crippen LogP contribution in [0.3, 0.4) is 0 Å². The zero-order chi connectivity index (χ0) is 13.2. The van der Waals surface area contributed by atoms with Crippen molar-refractivity contribution in [1.82, 2.24) is 5.32 Å². The van der Waals surface area contributed by atoms with Gasteiger partial charge in [-0.15, -0.1) is 0 Å². The van der Waals surface area contributed by atoms with Crippen LogP contribution in [0.4, 0.5) is 13.2 Å². The van der Waals surface area contributed by atoms with E-state index in [1.165, 1.54) is 0 Å². The number of benzene rings is 1. The van der Waals surface area contributed by atoms with Gasteiger partial charge in [-0.3, -0.25) is 0 Å². The van der Waals surface area contributed by atoms with E-state index in [1.807, 2.05) is 0 Å². The third-order valence-electron chi connectivity index (χ3n) is 3.25. The summed E-state index contributed by atoms with van der Waals surface area (Å²) in [5.74, 6) is 0. The molecule has 1 aliphatic heterocycles. The number of methoxy groups -OCH3 is 1. The first-order chi connectivity index (χ1) is 8.50. The summed E-state index contributed by atoms with van der Waals surface area (Å²) in [7, 11) is 1.65. The van der Waals surface area contributed by atoms with Crippen LogP contribution >= 0.6 is 0 Å². The SMILES string of the molecule is COCC1CCC(c2ccc(C(F)(F)F)cc2)N1. The van der Waals surface area contributed by atoms with E-state index in [2.05, 4.69) is 5.32 Å². The lowest BCUT2D eigenvalue weighted by molar-refractivity contribution is -0.137. The van der Waals surface area contributed by atoms with E-state index in [0.29, 0.717) is 12.6 Å². The highest BCUT2D eigenvalue weighted by atomic mass is 19.4. The molecule has 5 heteroatoms. The molecule has 0 aliphatic carbocycles. The fraction of sp³-hybridized carbons (Fsp3) is 0.538. The number of alkyl halides is 3. The number of hydrogen-bond donors (Lipinski definition) is 1. The second kappa shape index (κ2) is 5.28. The third kappa shape index (κ3) is 3.03. The molecule has 1 saturated heterocycles. The van der Waals surface area contributed by atoms with Gasteiger partial charge in [-0.25, -0.2) is 0 Å². The normalized spacial score (nSPS) is 24.4. The standard InChI is InChI=1S/C13H16F3NO/c1-18-8-11-6-7-12(17-11)9-2-4-10(5-3-9)13(14,15)16/h2-5,11-12,17H,6-8H2,1H3. The Bertz CT molecular complexity index is 388. The lowest BCUT2D eigenvalue weighted by Gasteiger charge is -2.15. The van der Waals surface area contributed by atoms with E-state index < -0.39 is 11.7 Å². The van der Waals surface area contributed by atoms with Crippen LogP contribution in [0.5, 0.6) is 0 Å². The van der Waals surface area contributed by atoms with Crippen molar-refractivity contribution in [3.63, 3.8) is 0 Å². The molecule has 0 radical (unpaired) electrons. The van der Waals surface area contributed by atoms with Crippen LogP contribution in [-0.2, 0) is 10.9 Å². The van der Waals surface area contributed by atoms with Crippen molar-refractivity contribution in [2.45, 2.75) is 31.1 Å². The third-order valence-corrected chi connectivity index (χ3v) is 3.25. The van der Waals surface area contributed by atoms with E-state index >= 15 is 0 Å². The summed E-state index contributed by atoms with van der Waals surface area (Å²) in [6, 6.07) is 5.81. The maximum Gasteiger partial charge on any atom is 0.416 e. The average Bonchev–Trinajstić information content (AvgIpc) is 2.77. The van der Waals surface area contributed by atoms with E-state index in [1.54, 1.807) is 19.2 Å². The van der Waals surface area contributed by atoms with Gasteiger partial charge in [-0.1, -0.05) is 12.1 Å². The molecule has 1 N–H and O–H groups in total. The lowest BCUT2D eigenvalue weighted by atomic mass is 10.0. The van der Waals surface area contributed by atoms with Crippen LogP contribution in [-0.4, -0.2) is 19.8 Å². The van der Waals surface area contributed by atoms with Gasteiger partial charge >= 0.3 is 6.18 Å². The summed E-state index contributed by atoms with van der Waals surface area (Å²) in [4.78, 5) is 0. The molecular weight excluding hydrogens is 243 g/mol. The molecule has 2 unspecified atom stereocenters. The Balaban J connectivity index is 2.03. The summed E-state index contributed by atoms with van der Waals surface area (Å²) in [6.45, 7) is 0.636. The first-order valence-electron chi connectivity index (χ1n) is 5.93. The summed E-state index contributed by atoms with van der Waals surface area (Å²) >= 11 is 0. The molecule has 1 aromatic carbocycles. The second-order valence-corrected chi connectivity index (χ2v) is 4.57. The predicted octanol–water partition coefficient (Wildman–Crippen LogP) is 3.14. The van der Waals surface area contributed by atoms with E-state index in [-0.39, 0.29) is 6.04 Å². The minimum absolute atomic E-state index is 0.132. The Labute approximate surface area is 104 Å². The van der Waals surface area contributed by atoms with E-state index in [0.717, 1.165) is 30.5 Å². The highest BCUT2D eigenvalue weighted by Gasteiger charge is 2.31. The molecule has 1 fully saturated rings. The van der Waals surface area contributed by atoms with Gasteiger partial charge in [-0.05, 0) is 30.5 Å². The van der Waals surface area contributed by atoms with Crippen LogP contribution < -0.4 is 5.32 Å². The Morgan fingerprint density at radius 3 is 2.44 bits per heavy atom. The highest BCUT2D eigenvalue weighted by Crippen LogP contribution is 2.32. The van der Waals surface area contributed by atoms with Gasteiger partial charge in [0, 0.05) is 19.2 Å². The molecule has 1 aliphatic rings. The molecule has 2 nitrogen and oxygen atoms in total. The molecule has 0 spiro atoms.